The molecule has 0 radical (unpaired) electrons. The number of hydrogen-bond donors (Lipinski definition) is 16. The van der Waals surface area contributed by atoms with Crippen molar-refractivity contribution in [2.24, 2.45) is 28.1 Å². The molecule has 9 fully saturated rings. The highest BCUT2D eigenvalue weighted by Crippen LogP contribution is 2.74. The standard InChI is InChI=1S/C51H84O26/c1-19-13-50-11-7-26-48(4,21(3)70-45-39(66)36(63)31(58)25(74-45)17-68-43-37(64)34(61)29(56)22(14-52)71-43)9-6-10-49(26,5)27(50)8-12-51(19,18-50)77-47-42(76-44-38(65)33(60)28(55)20(2)69-44)41(32(59)24(16-54)73-47)75-46-40(67)35(62)30(57)23(15-53)72-46/h20-47,52-67H,1,6-18H2,2-5H3/t20-,21+,22+,23+,24+,25+,26+,27-,28-,29+,30+,31+,32+,33+,34-,35-,36-,37+,38+,39+,40+,41-,42+,43+,44-,45+,46-,47-,48-,49+,50+,51-/m0/s1. The molecule has 5 heterocycles. The first kappa shape index (κ1) is 60.3. The minimum atomic E-state index is -1.93. The van der Waals surface area contributed by atoms with Crippen molar-refractivity contribution in [3.05, 3.63) is 12.2 Å². The van der Waals surface area contributed by atoms with Gasteiger partial charge in [-0.1, -0.05) is 26.8 Å². The first-order valence-corrected chi connectivity index (χ1v) is 27.2. The van der Waals surface area contributed by atoms with Gasteiger partial charge in [-0.3, -0.25) is 0 Å². The predicted octanol–water partition coefficient (Wildman–Crippen LogP) is -5.40. The van der Waals surface area contributed by atoms with E-state index in [0.717, 1.165) is 37.7 Å². The van der Waals surface area contributed by atoms with Crippen molar-refractivity contribution in [2.45, 2.75) is 251 Å². The van der Waals surface area contributed by atoms with Gasteiger partial charge in [-0.25, -0.2) is 0 Å². The van der Waals surface area contributed by atoms with Crippen molar-refractivity contribution in [3.63, 3.8) is 0 Å². The van der Waals surface area contributed by atoms with Gasteiger partial charge in [0.2, 0.25) is 0 Å². The van der Waals surface area contributed by atoms with Gasteiger partial charge in [0.15, 0.2) is 31.5 Å². The van der Waals surface area contributed by atoms with E-state index in [0.29, 0.717) is 25.7 Å². The van der Waals surface area contributed by atoms with Gasteiger partial charge >= 0.3 is 0 Å². The second kappa shape index (κ2) is 23.0. The number of hydrogen-bond acceptors (Lipinski definition) is 26. The van der Waals surface area contributed by atoms with Gasteiger partial charge in [0, 0.05) is 0 Å². The van der Waals surface area contributed by atoms with Crippen LogP contribution in [0, 0.1) is 28.1 Å². The molecule has 77 heavy (non-hydrogen) atoms. The lowest BCUT2D eigenvalue weighted by Gasteiger charge is -2.65. The van der Waals surface area contributed by atoms with Crippen LogP contribution in [0.2, 0.25) is 0 Å². The average Bonchev–Trinajstić information content (AvgIpc) is 3.84. The molecule has 0 aromatic heterocycles. The minimum Gasteiger partial charge on any atom is -0.394 e. The summed E-state index contributed by atoms with van der Waals surface area (Å²) in [7, 11) is 0. The Kier molecular flexibility index (Phi) is 18.0. The molecule has 4 aliphatic carbocycles. The van der Waals surface area contributed by atoms with Crippen molar-refractivity contribution < 1.29 is 129 Å². The third-order valence-electron chi connectivity index (χ3n) is 19.8. The summed E-state index contributed by atoms with van der Waals surface area (Å²) in [6, 6.07) is 0. The van der Waals surface area contributed by atoms with Crippen LogP contribution in [0.5, 0.6) is 0 Å². The topological polar surface area (TPSA) is 416 Å². The molecule has 32 atom stereocenters. The van der Waals surface area contributed by atoms with E-state index in [4.69, 9.17) is 47.4 Å². The summed E-state index contributed by atoms with van der Waals surface area (Å²) < 4.78 is 61.1. The maximum Gasteiger partial charge on any atom is 0.188 e. The van der Waals surface area contributed by atoms with Gasteiger partial charge in [0.1, 0.15) is 116 Å². The molecule has 0 aromatic carbocycles. The maximum atomic E-state index is 11.8. The molecule has 1 spiro atoms. The monoisotopic (exact) mass is 1110 g/mol. The van der Waals surface area contributed by atoms with Crippen LogP contribution < -0.4 is 0 Å². The smallest absolute Gasteiger partial charge is 0.188 e. The van der Waals surface area contributed by atoms with Crippen molar-refractivity contribution in [3.8, 4) is 0 Å². The first-order valence-electron chi connectivity index (χ1n) is 27.2. The number of ether oxygens (including phenoxy) is 10. The molecule has 2 bridgehead atoms. The zero-order chi connectivity index (χ0) is 56.0. The summed E-state index contributed by atoms with van der Waals surface area (Å²) >= 11 is 0. The summed E-state index contributed by atoms with van der Waals surface area (Å²) in [6.07, 6.45) is -34.9. The average molecular weight is 1110 g/mol. The molecule has 16 N–H and O–H groups in total. The lowest BCUT2D eigenvalue weighted by Crippen LogP contribution is -2.67. The first-order chi connectivity index (χ1) is 36.3. The molecule has 5 saturated heterocycles. The molecule has 26 heteroatoms. The van der Waals surface area contributed by atoms with Crippen LogP contribution in [0.1, 0.15) is 85.5 Å². The third kappa shape index (κ3) is 10.5. The summed E-state index contributed by atoms with van der Waals surface area (Å²) in [6.45, 7) is 9.62. The Morgan fingerprint density at radius 1 is 0.532 bits per heavy atom. The molecule has 26 nitrogen and oxygen atoms in total. The lowest BCUT2D eigenvalue weighted by molar-refractivity contribution is -0.398. The van der Waals surface area contributed by atoms with Crippen molar-refractivity contribution in [2.75, 3.05) is 26.4 Å². The van der Waals surface area contributed by atoms with E-state index in [9.17, 15) is 81.7 Å². The number of rotatable bonds is 15. The lowest BCUT2D eigenvalue weighted by atomic mass is 9.40. The van der Waals surface area contributed by atoms with Gasteiger partial charge in [0.05, 0.1) is 44.2 Å². The highest BCUT2D eigenvalue weighted by atomic mass is 16.8. The molecular formula is C51H84O26. The highest BCUT2D eigenvalue weighted by Gasteiger charge is 2.69. The van der Waals surface area contributed by atoms with Crippen LogP contribution >= 0.6 is 0 Å². The third-order valence-corrected chi connectivity index (χ3v) is 19.8. The Balaban J connectivity index is 0.928. The van der Waals surface area contributed by atoms with Crippen LogP contribution in [-0.4, -0.2) is 273 Å². The fourth-order valence-corrected chi connectivity index (χ4v) is 15.2. The van der Waals surface area contributed by atoms with E-state index >= 15 is 0 Å². The molecule has 0 aromatic rings. The summed E-state index contributed by atoms with van der Waals surface area (Å²) in [5.41, 5.74) is -1.46. The van der Waals surface area contributed by atoms with Crippen LogP contribution in [-0.2, 0) is 47.4 Å². The quantitative estimate of drug-likeness (QED) is 0.0538. The fourth-order valence-electron chi connectivity index (χ4n) is 15.2. The summed E-state index contributed by atoms with van der Waals surface area (Å²) in [5.74, 6) is 0.200. The Morgan fingerprint density at radius 3 is 1.65 bits per heavy atom. The molecule has 4 saturated carbocycles. The van der Waals surface area contributed by atoms with Crippen molar-refractivity contribution >= 4 is 0 Å². The molecule has 444 valence electrons. The van der Waals surface area contributed by atoms with Crippen molar-refractivity contribution in [1.82, 2.24) is 0 Å². The van der Waals surface area contributed by atoms with Crippen molar-refractivity contribution in [1.29, 1.82) is 0 Å². The van der Waals surface area contributed by atoms with E-state index in [-0.39, 0.29) is 22.7 Å². The Labute approximate surface area is 445 Å². The Morgan fingerprint density at radius 2 is 1.03 bits per heavy atom. The highest BCUT2D eigenvalue weighted by molar-refractivity contribution is 5.30. The van der Waals surface area contributed by atoms with E-state index in [1.807, 2.05) is 6.92 Å². The van der Waals surface area contributed by atoms with Gasteiger partial charge < -0.3 is 129 Å². The van der Waals surface area contributed by atoms with E-state index in [2.05, 4.69) is 20.4 Å². The summed E-state index contributed by atoms with van der Waals surface area (Å²) in [4.78, 5) is 0. The van der Waals surface area contributed by atoms with Crippen LogP contribution in [0.25, 0.3) is 0 Å². The van der Waals surface area contributed by atoms with Gasteiger partial charge in [0.25, 0.3) is 0 Å². The molecule has 9 rings (SSSR count). The van der Waals surface area contributed by atoms with Crippen LogP contribution in [0.4, 0.5) is 0 Å². The molecular weight excluding hydrogens is 1030 g/mol. The number of fused-ring (bicyclic) bond motifs is 3. The second-order valence-electron chi connectivity index (χ2n) is 24.1. The molecule has 0 unspecified atom stereocenters. The van der Waals surface area contributed by atoms with E-state index in [1.54, 1.807) is 0 Å². The Bertz CT molecular complexity index is 2010. The predicted molar refractivity (Wildman–Crippen MR) is 255 cm³/mol. The zero-order valence-electron chi connectivity index (χ0n) is 43.8. The number of aliphatic hydroxyl groups is 16. The maximum absolute atomic E-state index is 11.8. The molecule has 5 aliphatic heterocycles. The zero-order valence-corrected chi connectivity index (χ0v) is 43.8. The second-order valence-corrected chi connectivity index (χ2v) is 24.1. The van der Waals surface area contributed by atoms with Crippen LogP contribution in [0.15, 0.2) is 12.2 Å². The van der Waals surface area contributed by atoms with E-state index < -0.39 is 197 Å². The Hall–Kier alpha value is -1.30. The molecule has 0 amide bonds. The normalized spacial score (nSPS) is 55.6. The SMILES string of the molecule is C=C1C[C@@]23CC[C@H]4[C@@](C)(CCC[C@@]4(C)[C@@H](C)O[C@@H]4O[C@H](CO[C@@H]5O[C@H](CO)[C@@H](O)[C@H](O)[C@H]5O)[C@@H](O)[C@H](O)[C@H]4O)[C@@H]2CC[C@]1(O[C@@H]1O[C@H](CO)[C@@H](O)[C@H](O[C@@H]2O[C@H](CO)[C@@H](O)[C@H](O)[C@H]2O)[C@H]1O[C@@H]1O[C@@H](C)[C@H](O)[C@@H](O)[C@H]1O)C3. The van der Waals surface area contributed by atoms with Gasteiger partial charge in [-0.05, 0) is 98.9 Å². The van der Waals surface area contributed by atoms with E-state index in [1.165, 1.54) is 6.92 Å². The van der Waals surface area contributed by atoms with Gasteiger partial charge in [-0.2, -0.15) is 0 Å². The minimum absolute atomic E-state index is 0.0722. The largest absolute Gasteiger partial charge is 0.394 e. The van der Waals surface area contributed by atoms with Crippen LogP contribution in [0.3, 0.4) is 0 Å². The van der Waals surface area contributed by atoms with Gasteiger partial charge in [-0.15, -0.1) is 0 Å². The fraction of sp³-hybridized carbons (Fsp3) is 0.961. The number of aliphatic hydroxyl groups excluding tert-OH is 16. The summed E-state index contributed by atoms with van der Waals surface area (Å²) in [5, 5.41) is 171. The molecule has 9 aliphatic rings.